The molecule has 0 bridgehead atoms. The lowest BCUT2D eigenvalue weighted by molar-refractivity contribution is 0.134. The highest BCUT2D eigenvalue weighted by molar-refractivity contribution is 4.88. The fraction of sp³-hybridized carbons (Fsp3) is 0.867. The van der Waals surface area contributed by atoms with Crippen LogP contribution in [-0.4, -0.2) is 26.0 Å². The van der Waals surface area contributed by atoms with E-state index in [1.54, 1.807) is 6.33 Å². The summed E-state index contributed by atoms with van der Waals surface area (Å²) in [6.07, 6.45) is 12.0. The Morgan fingerprint density at radius 2 is 2.05 bits per heavy atom. The molecule has 1 aliphatic rings. The van der Waals surface area contributed by atoms with Crippen LogP contribution in [0, 0.1) is 5.92 Å². The van der Waals surface area contributed by atoms with Gasteiger partial charge in [-0.15, -0.1) is 0 Å². The average molecular weight is 265 g/mol. The largest absolute Gasteiger partial charge is 0.393 e. The van der Waals surface area contributed by atoms with Crippen molar-refractivity contribution in [3.8, 4) is 0 Å². The van der Waals surface area contributed by atoms with E-state index in [1.165, 1.54) is 38.5 Å². The molecule has 4 heteroatoms. The van der Waals surface area contributed by atoms with Gasteiger partial charge in [-0.3, -0.25) is 4.68 Å². The quantitative estimate of drug-likeness (QED) is 0.805. The molecule has 1 fully saturated rings. The fourth-order valence-electron chi connectivity index (χ4n) is 3.12. The molecule has 1 atom stereocenters. The van der Waals surface area contributed by atoms with Crippen molar-refractivity contribution in [1.29, 1.82) is 0 Å². The van der Waals surface area contributed by atoms with Crippen LogP contribution in [0.4, 0.5) is 0 Å². The first-order valence-electron chi connectivity index (χ1n) is 7.84. The van der Waals surface area contributed by atoms with Crippen molar-refractivity contribution in [3.63, 3.8) is 0 Å². The molecule has 1 N–H and O–H groups in total. The summed E-state index contributed by atoms with van der Waals surface area (Å²) >= 11 is 0. The summed E-state index contributed by atoms with van der Waals surface area (Å²) < 4.78 is 1.93. The summed E-state index contributed by atoms with van der Waals surface area (Å²) in [4.78, 5) is 4.28. The van der Waals surface area contributed by atoms with Gasteiger partial charge in [-0.2, -0.15) is 5.10 Å². The molecule has 1 saturated carbocycles. The summed E-state index contributed by atoms with van der Waals surface area (Å²) in [5.74, 6) is 1.64. The molecule has 0 amide bonds. The molecule has 2 rings (SSSR count). The first kappa shape index (κ1) is 14.5. The zero-order valence-electron chi connectivity index (χ0n) is 12.1. The van der Waals surface area contributed by atoms with Gasteiger partial charge < -0.3 is 5.11 Å². The molecule has 1 aliphatic carbocycles. The third-order valence-corrected chi connectivity index (χ3v) is 4.13. The number of hydrogen-bond donors (Lipinski definition) is 1. The normalized spacial score (nSPS) is 19.3. The van der Waals surface area contributed by atoms with Crippen molar-refractivity contribution in [2.75, 3.05) is 0 Å². The molecule has 19 heavy (non-hydrogen) atoms. The Bertz CT molecular complexity index is 356. The third-order valence-electron chi connectivity index (χ3n) is 4.13. The lowest BCUT2D eigenvalue weighted by atomic mass is 9.92. The van der Waals surface area contributed by atoms with Crippen LogP contribution in [0.5, 0.6) is 0 Å². The molecule has 4 nitrogen and oxygen atoms in total. The number of hydrogen-bond acceptors (Lipinski definition) is 3. The van der Waals surface area contributed by atoms with E-state index in [1.807, 2.05) is 4.68 Å². The Morgan fingerprint density at radius 3 is 2.74 bits per heavy atom. The molecule has 1 unspecified atom stereocenters. The van der Waals surface area contributed by atoms with Gasteiger partial charge in [0.05, 0.1) is 6.10 Å². The maximum Gasteiger partial charge on any atom is 0.138 e. The summed E-state index contributed by atoms with van der Waals surface area (Å²) in [7, 11) is 0. The molecule has 1 aromatic heterocycles. The van der Waals surface area contributed by atoms with Crippen molar-refractivity contribution in [3.05, 3.63) is 12.2 Å². The van der Waals surface area contributed by atoms with E-state index in [9.17, 15) is 5.11 Å². The first-order valence-corrected chi connectivity index (χ1v) is 7.84. The van der Waals surface area contributed by atoms with Gasteiger partial charge in [0.25, 0.3) is 0 Å². The van der Waals surface area contributed by atoms with Gasteiger partial charge >= 0.3 is 0 Å². The van der Waals surface area contributed by atoms with Gasteiger partial charge in [0, 0.05) is 13.0 Å². The molecule has 0 aromatic carbocycles. The minimum Gasteiger partial charge on any atom is -0.393 e. The van der Waals surface area contributed by atoms with Crippen LogP contribution in [0.25, 0.3) is 0 Å². The van der Waals surface area contributed by atoms with Crippen LogP contribution in [0.2, 0.25) is 0 Å². The summed E-state index contributed by atoms with van der Waals surface area (Å²) in [6.45, 7) is 3.03. The lowest BCUT2D eigenvalue weighted by Gasteiger charge is -2.18. The van der Waals surface area contributed by atoms with E-state index in [4.69, 9.17) is 0 Å². The number of aliphatic hydroxyl groups excluding tert-OH is 1. The predicted octanol–water partition coefficient (Wildman–Crippen LogP) is 2.95. The maximum atomic E-state index is 10.3. The highest BCUT2D eigenvalue weighted by atomic mass is 16.3. The Kier molecular flexibility index (Phi) is 5.83. The lowest BCUT2D eigenvalue weighted by Crippen LogP contribution is -2.19. The van der Waals surface area contributed by atoms with E-state index < -0.39 is 0 Å². The van der Waals surface area contributed by atoms with Crippen LogP contribution in [-0.2, 0) is 13.0 Å². The van der Waals surface area contributed by atoms with Crippen LogP contribution in [0.3, 0.4) is 0 Å². The number of aromatic nitrogens is 3. The van der Waals surface area contributed by atoms with Crippen LogP contribution < -0.4 is 0 Å². The topological polar surface area (TPSA) is 50.9 Å². The monoisotopic (exact) mass is 265 g/mol. The predicted molar refractivity (Wildman–Crippen MR) is 75.8 cm³/mol. The average Bonchev–Trinajstić information content (AvgIpc) is 2.65. The zero-order valence-corrected chi connectivity index (χ0v) is 12.1. The van der Waals surface area contributed by atoms with Crippen LogP contribution in [0.1, 0.15) is 64.1 Å². The van der Waals surface area contributed by atoms with Crippen LogP contribution >= 0.6 is 0 Å². The number of aryl methyl sites for hydroxylation is 1. The second-order valence-corrected chi connectivity index (χ2v) is 5.85. The number of rotatable bonds is 6. The first-order chi connectivity index (χ1) is 9.29. The van der Waals surface area contributed by atoms with Crippen LogP contribution in [0.15, 0.2) is 6.33 Å². The van der Waals surface area contributed by atoms with Crippen molar-refractivity contribution >= 4 is 0 Å². The van der Waals surface area contributed by atoms with Gasteiger partial charge in [0.2, 0.25) is 0 Å². The summed E-state index contributed by atoms with van der Waals surface area (Å²) in [6, 6.07) is 0. The van der Waals surface area contributed by atoms with Gasteiger partial charge in [0.15, 0.2) is 0 Å². The highest BCUT2D eigenvalue weighted by Crippen LogP contribution is 2.27. The highest BCUT2D eigenvalue weighted by Gasteiger charge is 2.18. The van der Waals surface area contributed by atoms with Crippen molar-refractivity contribution in [2.45, 2.75) is 77.4 Å². The van der Waals surface area contributed by atoms with Crippen molar-refractivity contribution in [2.24, 2.45) is 5.92 Å². The number of nitrogens with zero attached hydrogens (tertiary/aromatic N) is 3. The smallest absolute Gasteiger partial charge is 0.138 e. The van der Waals surface area contributed by atoms with E-state index >= 15 is 0 Å². The Hall–Kier alpha value is -0.900. The van der Waals surface area contributed by atoms with E-state index in [-0.39, 0.29) is 6.10 Å². The Labute approximate surface area is 116 Å². The Morgan fingerprint density at radius 1 is 1.32 bits per heavy atom. The molecule has 0 spiro atoms. The minimum absolute atomic E-state index is 0.261. The van der Waals surface area contributed by atoms with Gasteiger partial charge in [0.1, 0.15) is 12.2 Å². The van der Waals surface area contributed by atoms with Gasteiger partial charge in [-0.25, -0.2) is 4.98 Å². The molecule has 0 saturated heterocycles. The minimum atomic E-state index is -0.261. The zero-order chi connectivity index (χ0) is 13.5. The SMILES string of the molecule is CCCn1ncnc1CC(O)CC1CCCCCC1. The van der Waals surface area contributed by atoms with Gasteiger partial charge in [-0.05, 0) is 18.8 Å². The standard InChI is InChI=1S/C15H27N3O/c1-2-9-18-15(16-12-17-18)11-14(19)10-13-7-5-3-4-6-8-13/h12-14,19H,2-11H2,1H3. The van der Waals surface area contributed by atoms with Gasteiger partial charge in [-0.1, -0.05) is 45.4 Å². The van der Waals surface area contributed by atoms with E-state index in [0.717, 1.165) is 25.2 Å². The number of aliphatic hydroxyl groups is 1. The molecule has 108 valence electrons. The maximum absolute atomic E-state index is 10.3. The van der Waals surface area contributed by atoms with E-state index in [0.29, 0.717) is 12.3 Å². The molecular weight excluding hydrogens is 238 g/mol. The third kappa shape index (κ3) is 4.60. The van der Waals surface area contributed by atoms with E-state index in [2.05, 4.69) is 17.0 Å². The fourth-order valence-corrected chi connectivity index (χ4v) is 3.12. The molecule has 1 heterocycles. The molecule has 1 aromatic rings. The second kappa shape index (κ2) is 7.63. The molecule has 0 radical (unpaired) electrons. The second-order valence-electron chi connectivity index (χ2n) is 5.85. The molecular formula is C15H27N3O. The summed E-state index contributed by atoms with van der Waals surface area (Å²) in [5.41, 5.74) is 0. The molecule has 0 aliphatic heterocycles. The summed E-state index contributed by atoms with van der Waals surface area (Å²) in [5, 5.41) is 14.5. The van der Waals surface area contributed by atoms with Crippen molar-refractivity contribution in [1.82, 2.24) is 14.8 Å². The Balaban J connectivity index is 1.82. The van der Waals surface area contributed by atoms with Crippen molar-refractivity contribution < 1.29 is 5.11 Å².